The lowest BCUT2D eigenvalue weighted by atomic mass is 9.97. The summed E-state index contributed by atoms with van der Waals surface area (Å²) < 4.78 is 24.1. The van der Waals surface area contributed by atoms with Crippen molar-refractivity contribution in [2.24, 2.45) is 0 Å². The van der Waals surface area contributed by atoms with Gasteiger partial charge in [0.1, 0.15) is 17.4 Å². The molecule has 2 heterocycles. The number of phenols is 1. The number of phenolic OH excluding ortho intramolecular Hbond substituents is 1. The molecular weight excluding hydrogens is 323 g/mol. The van der Waals surface area contributed by atoms with Crippen LogP contribution in [0.25, 0.3) is 0 Å². The first-order valence-corrected chi connectivity index (χ1v) is 11.3. The first kappa shape index (κ1) is 18.0. The molecule has 0 amide bonds. The van der Waals surface area contributed by atoms with Crippen LogP contribution in [0.4, 0.5) is 0 Å². The fourth-order valence-corrected chi connectivity index (χ4v) is 6.02. The number of aryl methyl sites for hydroxylation is 2. The Hall–Kier alpha value is -0.830. The van der Waals surface area contributed by atoms with Crippen LogP contribution in [0.5, 0.6) is 5.75 Å². The van der Waals surface area contributed by atoms with E-state index in [-0.39, 0.29) is 11.7 Å². The highest BCUT2D eigenvalue weighted by molar-refractivity contribution is 7.64. The summed E-state index contributed by atoms with van der Waals surface area (Å²) in [5.74, 6) is 0.217. The van der Waals surface area contributed by atoms with E-state index in [1.54, 1.807) is 0 Å². The second-order valence-corrected chi connectivity index (χ2v) is 10.2. The van der Waals surface area contributed by atoms with Gasteiger partial charge in [0, 0.05) is 6.16 Å². The molecule has 2 fully saturated rings. The highest BCUT2D eigenvalue weighted by Crippen LogP contribution is 2.66. The summed E-state index contributed by atoms with van der Waals surface area (Å²) in [6, 6.07) is 4.11. The van der Waals surface area contributed by atoms with Crippen molar-refractivity contribution < 1.29 is 19.1 Å². The molecule has 1 aromatic carbocycles. The van der Waals surface area contributed by atoms with Crippen molar-refractivity contribution in [2.45, 2.75) is 70.2 Å². The minimum atomic E-state index is -2.50. The highest BCUT2D eigenvalue weighted by Gasteiger charge is 2.53. The fourth-order valence-electron chi connectivity index (χ4n) is 3.30. The Morgan fingerprint density at radius 2 is 1.50 bits per heavy atom. The molecule has 4 nitrogen and oxygen atoms in total. The minimum absolute atomic E-state index is 0.114. The fraction of sp³-hybridized carbons (Fsp3) is 0.684. The van der Waals surface area contributed by atoms with Gasteiger partial charge in [-0.25, -0.2) is 0 Å². The summed E-state index contributed by atoms with van der Waals surface area (Å²) in [4.78, 5) is 0. The molecule has 3 rings (SSSR count). The van der Waals surface area contributed by atoms with Crippen LogP contribution in [-0.4, -0.2) is 30.0 Å². The molecule has 2 aliphatic rings. The number of aromatic hydroxyl groups is 1. The lowest BCUT2D eigenvalue weighted by molar-refractivity contribution is 0.421. The Labute approximate surface area is 144 Å². The number of epoxide rings is 2. The van der Waals surface area contributed by atoms with Crippen LogP contribution in [-0.2, 0) is 33.0 Å². The summed E-state index contributed by atoms with van der Waals surface area (Å²) >= 11 is 0. The molecule has 2 aliphatic heterocycles. The predicted octanol–water partition coefficient (Wildman–Crippen LogP) is 4.65. The highest BCUT2D eigenvalue weighted by atomic mass is 31.2. The molecule has 1 N–H and O–H groups in total. The third kappa shape index (κ3) is 4.04. The number of benzene rings is 1. The number of rotatable bonds is 10. The molecule has 0 radical (unpaired) electrons. The standard InChI is InChI=1S/C19H29O4P/c1-3-5-7-15-9-14(10-16(19(15)20)8-6-4-2)13-24(21,17-11-22-17)18-12-23-18/h9-10,17-18,20H,3-8,11-13H2,1-2H3. The van der Waals surface area contributed by atoms with Gasteiger partial charge in [-0.2, -0.15) is 0 Å². The maximum Gasteiger partial charge on any atom is 0.151 e. The molecule has 5 heteroatoms. The van der Waals surface area contributed by atoms with Crippen LogP contribution in [0.2, 0.25) is 0 Å². The van der Waals surface area contributed by atoms with E-state index in [0.717, 1.165) is 55.2 Å². The van der Waals surface area contributed by atoms with E-state index in [1.165, 1.54) is 0 Å². The Morgan fingerprint density at radius 3 is 1.88 bits per heavy atom. The molecule has 0 aromatic heterocycles. The first-order valence-electron chi connectivity index (χ1n) is 9.23. The Bertz CT molecular complexity index is 575. The lowest BCUT2D eigenvalue weighted by Gasteiger charge is -2.17. The van der Waals surface area contributed by atoms with Crippen LogP contribution >= 0.6 is 7.14 Å². The third-order valence-electron chi connectivity index (χ3n) is 4.96. The average Bonchev–Trinajstić information content (AvgIpc) is 3.44. The Morgan fingerprint density at radius 1 is 1.04 bits per heavy atom. The third-order valence-corrected chi connectivity index (χ3v) is 8.37. The van der Waals surface area contributed by atoms with E-state index in [2.05, 4.69) is 26.0 Å². The van der Waals surface area contributed by atoms with E-state index in [9.17, 15) is 9.67 Å². The van der Waals surface area contributed by atoms with E-state index in [1.807, 2.05) is 0 Å². The molecule has 134 valence electrons. The van der Waals surface area contributed by atoms with Crippen molar-refractivity contribution in [1.29, 1.82) is 0 Å². The second-order valence-electron chi connectivity index (χ2n) is 7.06. The van der Waals surface area contributed by atoms with Crippen LogP contribution < -0.4 is 0 Å². The van der Waals surface area contributed by atoms with Crippen molar-refractivity contribution in [3.63, 3.8) is 0 Å². The smallest absolute Gasteiger partial charge is 0.151 e. The van der Waals surface area contributed by atoms with Gasteiger partial charge in [-0.15, -0.1) is 0 Å². The quantitative estimate of drug-likeness (QED) is 0.492. The van der Waals surface area contributed by atoms with Crippen molar-refractivity contribution in [1.82, 2.24) is 0 Å². The second kappa shape index (κ2) is 7.59. The molecule has 1 aromatic rings. The summed E-state index contributed by atoms with van der Waals surface area (Å²) in [5, 5.41) is 10.6. The molecule has 2 atom stereocenters. The zero-order valence-corrected chi connectivity index (χ0v) is 15.7. The topological polar surface area (TPSA) is 62.4 Å². The van der Waals surface area contributed by atoms with Gasteiger partial charge in [0.05, 0.1) is 13.2 Å². The summed E-state index contributed by atoms with van der Waals surface area (Å²) in [6.45, 7) is 5.51. The lowest BCUT2D eigenvalue weighted by Crippen LogP contribution is -2.04. The van der Waals surface area contributed by atoms with Gasteiger partial charge in [0.15, 0.2) is 7.14 Å². The maximum atomic E-state index is 13.3. The number of unbranched alkanes of at least 4 members (excludes halogenated alkanes) is 2. The van der Waals surface area contributed by atoms with Gasteiger partial charge >= 0.3 is 0 Å². The molecule has 0 spiro atoms. The number of hydrogen-bond donors (Lipinski definition) is 1. The van der Waals surface area contributed by atoms with Gasteiger partial charge in [0.2, 0.25) is 0 Å². The Kier molecular flexibility index (Phi) is 5.69. The Balaban J connectivity index is 1.86. The zero-order chi connectivity index (χ0) is 17.2. The zero-order valence-electron chi connectivity index (χ0n) is 14.8. The number of hydrogen-bond acceptors (Lipinski definition) is 4. The van der Waals surface area contributed by atoms with Crippen molar-refractivity contribution in [3.8, 4) is 5.75 Å². The van der Waals surface area contributed by atoms with E-state index in [4.69, 9.17) is 9.47 Å². The SMILES string of the molecule is CCCCc1cc(CP(=O)(C2CO2)C2CO2)cc(CCCC)c1O. The van der Waals surface area contributed by atoms with E-state index < -0.39 is 7.14 Å². The molecule has 2 saturated heterocycles. The van der Waals surface area contributed by atoms with Crippen LogP contribution in [0.1, 0.15) is 56.2 Å². The summed E-state index contributed by atoms with van der Waals surface area (Å²) in [7, 11) is -2.50. The van der Waals surface area contributed by atoms with Gasteiger partial charge < -0.3 is 19.1 Å². The normalized spacial score (nSPS) is 24.6. The van der Waals surface area contributed by atoms with Crippen LogP contribution in [0, 0.1) is 0 Å². The molecular formula is C19H29O4P. The summed E-state index contributed by atoms with van der Waals surface area (Å²) in [5.41, 5.74) is 3.07. The monoisotopic (exact) mass is 352 g/mol. The average molecular weight is 352 g/mol. The predicted molar refractivity (Wildman–Crippen MR) is 96.1 cm³/mol. The molecule has 0 saturated carbocycles. The van der Waals surface area contributed by atoms with Gasteiger partial charge in [0.25, 0.3) is 0 Å². The van der Waals surface area contributed by atoms with Gasteiger partial charge in [-0.1, -0.05) is 38.8 Å². The minimum Gasteiger partial charge on any atom is -0.507 e. The summed E-state index contributed by atoms with van der Waals surface area (Å²) in [6.07, 6.45) is 6.58. The molecule has 0 bridgehead atoms. The van der Waals surface area contributed by atoms with Crippen molar-refractivity contribution >= 4 is 7.14 Å². The van der Waals surface area contributed by atoms with Gasteiger partial charge in [-0.05, 0) is 42.4 Å². The number of ether oxygens (including phenoxy) is 2. The largest absolute Gasteiger partial charge is 0.507 e. The van der Waals surface area contributed by atoms with Crippen molar-refractivity contribution in [3.05, 3.63) is 28.8 Å². The van der Waals surface area contributed by atoms with Crippen LogP contribution in [0.15, 0.2) is 12.1 Å². The first-order chi connectivity index (χ1) is 11.6. The molecule has 24 heavy (non-hydrogen) atoms. The van der Waals surface area contributed by atoms with Gasteiger partial charge in [-0.3, -0.25) is 0 Å². The van der Waals surface area contributed by atoms with Crippen LogP contribution in [0.3, 0.4) is 0 Å². The van der Waals surface area contributed by atoms with Crippen molar-refractivity contribution in [2.75, 3.05) is 13.2 Å². The van der Waals surface area contributed by atoms with E-state index >= 15 is 0 Å². The molecule has 0 aliphatic carbocycles. The molecule has 2 unspecified atom stereocenters. The maximum absolute atomic E-state index is 13.3. The van der Waals surface area contributed by atoms with E-state index in [0.29, 0.717) is 25.1 Å².